The van der Waals surface area contributed by atoms with Gasteiger partial charge in [0.1, 0.15) is 0 Å². The molecular formula is C11H18N2OS. The Morgan fingerprint density at radius 1 is 1.47 bits per heavy atom. The number of thiazole rings is 1. The first kappa shape index (κ1) is 12.2. The largest absolute Gasteiger partial charge is 0.348 e. The minimum atomic E-state index is 0.509. The molecule has 15 heavy (non-hydrogen) atoms. The van der Waals surface area contributed by atoms with Crippen LogP contribution in [0.3, 0.4) is 0 Å². The topological polar surface area (TPSA) is 33.2 Å². The molecule has 0 spiro atoms. The first-order valence-electron chi connectivity index (χ1n) is 5.29. The molecule has 0 fully saturated rings. The highest BCUT2D eigenvalue weighted by molar-refractivity contribution is 7.17. The molecule has 0 aromatic carbocycles. The molecular weight excluding hydrogens is 208 g/mol. The van der Waals surface area contributed by atoms with Gasteiger partial charge >= 0.3 is 0 Å². The molecule has 1 rings (SSSR count). The zero-order valence-electron chi connectivity index (χ0n) is 9.78. The van der Waals surface area contributed by atoms with Gasteiger partial charge < -0.3 is 4.90 Å². The Morgan fingerprint density at radius 2 is 2.07 bits per heavy atom. The van der Waals surface area contributed by atoms with Crippen LogP contribution in [0.2, 0.25) is 0 Å². The van der Waals surface area contributed by atoms with Gasteiger partial charge in [0.05, 0.1) is 10.6 Å². The molecule has 0 saturated heterocycles. The van der Waals surface area contributed by atoms with Gasteiger partial charge in [-0.1, -0.05) is 25.2 Å². The molecule has 4 heteroatoms. The first-order valence-corrected chi connectivity index (χ1v) is 6.11. The highest BCUT2D eigenvalue weighted by Gasteiger charge is 2.16. The molecule has 0 bridgehead atoms. The molecule has 0 N–H and O–H groups in total. The molecule has 1 aromatic rings. The number of aldehydes is 1. The Kier molecular flexibility index (Phi) is 4.27. The molecule has 0 atom stereocenters. The zero-order chi connectivity index (χ0) is 11.4. The number of aryl methyl sites for hydroxylation is 1. The van der Waals surface area contributed by atoms with Crippen LogP contribution in [0.1, 0.15) is 42.1 Å². The zero-order valence-corrected chi connectivity index (χ0v) is 10.6. The fraction of sp³-hybridized carbons (Fsp3) is 0.636. The van der Waals surface area contributed by atoms with E-state index < -0.39 is 0 Å². The third kappa shape index (κ3) is 2.56. The van der Waals surface area contributed by atoms with Crippen LogP contribution < -0.4 is 4.90 Å². The smallest absolute Gasteiger partial charge is 0.186 e. The Balaban J connectivity index is 2.90. The van der Waals surface area contributed by atoms with Crippen LogP contribution in [0, 0.1) is 6.92 Å². The molecule has 0 aliphatic carbocycles. The summed E-state index contributed by atoms with van der Waals surface area (Å²) in [5.74, 6) is 0. The number of nitrogens with zero attached hydrogens (tertiary/aromatic N) is 2. The van der Waals surface area contributed by atoms with Crippen molar-refractivity contribution in [2.75, 3.05) is 11.9 Å². The fourth-order valence-electron chi connectivity index (χ4n) is 1.65. The maximum absolute atomic E-state index is 10.7. The lowest BCUT2D eigenvalue weighted by Gasteiger charge is -2.25. The van der Waals surface area contributed by atoms with Gasteiger partial charge in [0.2, 0.25) is 0 Å². The van der Waals surface area contributed by atoms with E-state index in [-0.39, 0.29) is 0 Å². The first-order chi connectivity index (χ1) is 7.13. The lowest BCUT2D eigenvalue weighted by molar-refractivity contribution is 0.112. The summed E-state index contributed by atoms with van der Waals surface area (Å²) in [4.78, 5) is 18.0. The maximum Gasteiger partial charge on any atom is 0.186 e. The summed E-state index contributed by atoms with van der Waals surface area (Å²) in [6.07, 6.45) is 3.08. The van der Waals surface area contributed by atoms with E-state index in [9.17, 15) is 4.79 Å². The molecule has 3 nitrogen and oxygen atoms in total. The van der Waals surface area contributed by atoms with E-state index in [0.29, 0.717) is 6.04 Å². The predicted molar refractivity (Wildman–Crippen MR) is 65.0 cm³/mol. The monoisotopic (exact) mass is 226 g/mol. The molecule has 0 unspecified atom stereocenters. The molecule has 0 radical (unpaired) electrons. The number of anilines is 1. The van der Waals surface area contributed by atoms with E-state index in [2.05, 4.69) is 23.7 Å². The predicted octanol–water partition coefficient (Wildman–Crippen LogP) is 2.89. The van der Waals surface area contributed by atoms with Gasteiger partial charge in [0.15, 0.2) is 11.4 Å². The average molecular weight is 226 g/mol. The summed E-state index contributed by atoms with van der Waals surface area (Å²) in [7, 11) is 2.05. The summed E-state index contributed by atoms with van der Waals surface area (Å²) < 4.78 is 0. The number of rotatable bonds is 5. The molecule has 0 aliphatic rings. The minimum absolute atomic E-state index is 0.509. The van der Waals surface area contributed by atoms with E-state index in [4.69, 9.17) is 0 Å². The van der Waals surface area contributed by atoms with Crippen molar-refractivity contribution >= 4 is 22.8 Å². The maximum atomic E-state index is 10.7. The third-order valence-electron chi connectivity index (χ3n) is 2.72. The number of aromatic nitrogens is 1. The SMILES string of the molecule is CCC(CC)N(C)c1nc(C)c(C=O)s1. The van der Waals surface area contributed by atoms with Gasteiger partial charge in [-0.2, -0.15) is 0 Å². The van der Waals surface area contributed by atoms with Crippen molar-refractivity contribution in [3.05, 3.63) is 10.6 Å². The highest BCUT2D eigenvalue weighted by Crippen LogP contribution is 2.26. The van der Waals surface area contributed by atoms with Crippen LogP contribution in [0.15, 0.2) is 0 Å². The Hall–Kier alpha value is -0.900. The quantitative estimate of drug-likeness (QED) is 0.724. The van der Waals surface area contributed by atoms with Crippen molar-refractivity contribution in [3.63, 3.8) is 0 Å². The van der Waals surface area contributed by atoms with E-state index in [1.807, 2.05) is 14.0 Å². The number of carbonyl (C=O) groups is 1. The second-order valence-electron chi connectivity index (χ2n) is 3.65. The van der Waals surface area contributed by atoms with Gasteiger partial charge in [-0.3, -0.25) is 4.79 Å². The Labute approximate surface area is 95.1 Å². The second kappa shape index (κ2) is 5.26. The van der Waals surface area contributed by atoms with Crippen LogP contribution in [0.25, 0.3) is 0 Å². The van der Waals surface area contributed by atoms with Crippen molar-refractivity contribution in [2.45, 2.75) is 39.7 Å². The van der Waals surface area contributed by atoms with Crippen molar-refractivity contribution in [1.29, 1.82) is 0 Å². The van der Waals surface area contributed by atoms with Crippen LogP contribution in [0.4, 0.5) is 5.13 Å². The van der Waals surface area contributed by atoms with Gasteiger partial charge in [-0.25, -0.2) is 4.98 Å². The lowest BCUT2D eigenvalue weighted by Crippen LogP contribution is -2.30. The van der Waals surface area contributed by atoms with Crippen LogP contribution in [0.5, 0.6) is 0 Å². The summed E-state index contributed by atoms with van der Waals surface area (Å²) in [6.45, 7) is 6.22. The standard InChI is InChI=1S/C11H18N2OS/c1-5-9(6-2)13(4)11-12-8(3)10(7-14)15-11/h7,9H,5-6H2,1-4H3. The highest BCUT2D eigenvalue weighted by atomic mass is 32.1. The van der Waals surface area contributed by atoms with Crippen LogP contribution in [-0.2, 0) is 0 Å². The molecule has 0 saturated carbocycles. The van der Waals surface area contributed by atoms with Crippen molar-refractivity contribution in [1.82, 2.24) is 4.98 Å². The van der Waals surface area contributed by atoms with E-state index >= 15 is 0 Å². The Morgan fingerprint density at radius 3 is 2.47 bits per heavy atom. The van der Waals surface area contributed by atoms with Crippen molar-refractivity contribution in [3.8, 4) is 0 Å². The van der Waals surface area contributed by atoms with Crippen molar-refractivity contribution < 1.29 is 4.79 Å². The number of hydrogen-bond acceptors (Lipinski definition) is 4. The minimum Gasteiger partial charge on any atom is -0.348 e. The summed E-state index contributed by atoms with van der Waals surface area (Å²) in [5.41, 5.74) is 0.836. The molecule has 0 aliphatic heterocycles. The van der Waals surface area contributed by atoms with Crippen LogP contribution in [-0.4, -0.2) is 24.4 Å². The summed E-state index contributed by atoms with van der Waals surface area (Å²) in [5, 5.41) is 0.948. The number of hydrogen-bond donors (Lipinski definition) is 0. The van der Waals surface area contributed by atoms with E-state index in [0.717, 1.165) is 34.8 Å². The number of carbonyl (C=O) groups excluding carboxylic acids is 1. The third-order valence-corrected chi connectivity index (χ3v) is 3.89. The second-order valence-corrected chi connectivity index (χ2v) is 4.65. The fourth-order valence-corrected chi connectivity index (χ4v) is 2.56. The Bertz CT molecular complexity index is 331. The van der Waals surface area contributed by atoms with Gasteiger partial charge in [0.25, 0.3) is 0 Å². The molecule has 1 heterocycles. The summed E-state index contributed by atoms with van der Waals surface area (Å²) in [6, 6.07) is 0.509. The van der Waals surface area contributed by atoms with Gasteiger partial charge in [-0.15, -0.1) is 0 Å². The molecule has 84 valence electrons. The van der Waals surface area contributed by atoms with E-state index in [1.54, 1.807) is 0 Å². The van der Waals surface area contributed by atoms with E-state index in [1.165, 1.54) is 11.3 Å². The summed E-state index contributed by atoms with van der Waals surface area (Å²) >= 11 is 1.47. The molecule has 0 amide bonds. The van der Waals surface area contributed by atoms with Gasteiger partial charge in [0, 0.05) is 13.1 Å². The average Bonchev–Trinajstić information content (AvgIpc) is 2.61. The van der Waals surface area contributed by atoms with Crippen LogP contribution >= 0.6 is 11.3 Å². The normalized spacial score (nSPS) is 10.7. The lowest BCUT2D eigenvalue weighted by atomic mass is 10.1. The molecule has 1 aromatic heterocycles. The van der Waals surface area contributed by atoms with Gasteiger partial charge in [-0.05, 0) is 19.8 Å². The van der Waals surface area contributed by atoms with Crippen molar-refractivity contribution in [2.24, 2.45) is 0 Å².